The predicted octanol–water partition coefficient (Wildman–Crippen LogP) is 1.72. The van der Waals surface area contributed by atoms with E-state index in [1.165, 1.54) is 0 Å². The Balaban J connectivity index is 1.47. The molecule has 2 N–H and O–H groups in total. The number of rotatable bonds is 6. The highest BCUT2D eigenvalue weighted by Gasteiger charge is 2.21. The van der Waals surface area contributed by atoms with Gasteiger partial charge in [-0.3, -0.25) is 4.57 Å². The Bertz CT molecular complexity index is 713. The molecule has 2 aromatic heterocycles. The fourth-order valence-corrected chi connectivity index (χ4v) is 3.17. The quantitative estimate of drug-likeness (QED) is 0.838. The van der Waals surface area contributed by atoms with Crippen molar-refractivity contribution in [3.63, 3.8) is 0 Å². The monoisotopic (exact) mass is 342 g/mol. The molecule has 134 valence electrons. The molecule has 2 amide bonds. The average Bonchev–Trinajstić information content (AvgIpc) is 3.27. The average molecular weight is 342 g/mol. The van der Waals surface area contributed by atoms with E-state index in [0.29, 0.717) is 12.5 Å². The molecule has 1 aliphatic rings. The van der Waals surface area contributed by atoms with Crippen LogP contribution >= 0.6 is 0 Å². The summed E-state index contributed by atoms with van der Waals surface area (Å²) < 4.78 is 1.92. The molecular weight excluding hydrogens is 316 g/mol. The molecule has 0 saturated carbocycles. The largest absolute Gasteiger partial charge is 0.338 e. The van der Waals surface area contributed by atoms with Crippen LogP contribution in [0.25, 0.3) is 5.82 Å². The summed E-state index contributed by atoms with van der Waals surface area (Å²) >= 11 is 0. The Kier molecular flexibility index (Phi) is 5.65. The standard InChI is InChI=1S/C18H26N6O/c1-3-23-8-5-16(13-23)12-22-18(25)21-11-15-4-6-20-17(10-15)24-9-7-19-14(24)2/h4,6-7,9-10,16H,3,5,8,11-13H2,1-2H3,(H2,21,22,25)/t16-/m0/s1. The van der Waals surface area contributed by atoms with Crippen LogP contribution in [0.3, 0.4) is 0 Å². The maximum absolute atomic E-state index is 12.0. The second kappa shape index (κ2) is 8.11. The van der Waals surface area contributed by atoms with Crippen LogP contribution in [0.15, 0.2) is 30.7 Å². The number of carbonyl (C=O) groups is 1. The van der Waals surface area contributed by atoms with Crippen LogP contribution in [-0.4, -0.2) is 51.6 Å². The third kappa shape index (κ3) is 4.57. The van der Waals surface area contributed by atoms with E-state index >= 15 is 0 Å². The molecule has 0 unspecified atom stereocenters. The summed E-state index contributed by atoms with van der Waals surface area (Å²) in [5, 5.41) is 5.90. The van der Waals surface area contributed by atoms with Crippen LogP contribution in [0.5, 0.6) is 0 Å². The molecule has 7 nitrogen and oxygen atoms in total. The van der Waals surface area contributed by atoms with Gasteiger partial charge < -0.3 is 15.5 Å². The van der Waals surface area contributed by atoms with Crippen molar-refractivity contribution in [1.29, 1.82) is 0 Å². The van der Waals surface area contributed by atoms with Crippen LogP contribution in [0.1, 0.15) is 24.7 Å². The molecule has 3 rings (SSSR count). The highest BCUT2D eigenvalue weighted by molar-refractivity contribution is 5.73. The van der Waals surface area contributed by atoms with Crippen molar-refractivity contribution in [3.05, 3.63) is 42.1 Å². The van der Waals surface area contributed by atoms with Crippen molar-refractivity contribution >= 4 is 6.03 Å². The van der Waals surface area contributed by atoms with Crippen molar-refractivity contribution in [2.75, 3.05) is 26.2 Å². The number of nitrogens with one attached hydrogen (secondary N) is 2. The lowest BCUT2D eigenvalue weighted by Gasteiger charge is -2.14. The van der Waals surface area contributed by atoms with Gasteiger partial charge in [-0.05, 0) is 50.0 Å². The highest BCUT2D eigenvalue weighted by atomic mass is 16.2. The van der Waals surface area contributed by atoms with Crippen LogP contribution < -0.4 is 10.6 Å². The first-order valence-corrected chi connectivity index (χ1v) is 8.85. The smallest absolute Gasteiger partial charge is 0.315 e. The number of amides is 2. The van der Waals surface area contributed by atoms with E-state index in [1.807, 2.05) is 29.8 Å². The van der Waals surface area contributed by atoms with Crippen molar-refractivity contribution in [1.82, 2.24) is 30.1 Å². The maximum Gasteiger partial charge on any atom is 0.315 e. The van der Waals surface area contributed by atoms with Crippen LogP contribution in [0, 0.1) is 12.8 Å². The molecule has 0 radical (unpaired) electrons. The number of nitrogens with zero attached hydrogens (tertiary/aromatic N) is 4. The van der Waals surface area contributed by atoms with Gasteiger partial charge in [0.05, 0.1) is 0 Å². The molecule has 0 spiro atoms. The van der Waals surface area contributed by atoms with Gasteiger partial charge in [-0.1, -0.05) is 6.92 Å². The van der Waals surface area contributed by atoms with E-state index in [2.05, 4.69) is 32.4 Å². The first-order chi connectivity index (χ1) is 12.2. The van der Waals surface area contributed by atoms with Gasteiger partial charge >= 0.3 is 6.03 Å². The molecule has 0 aromatic carbocycles. The fraction of sp³-hybridized carbons (Fsp3) is 0.500. The number of hydrogen-bond acceptors (Lipinski definition) is 4. The first-order valence-electron chi connectivity index (χ1n) is 8.85. The molecule has 1 fully saturated rings. The third-order valence-electron chi connectivity index (χ3n) is 4.70. The molecule has 1 aliphatic heterocycles. The SMILES string of the molecule is CCN1CC[C@@H](CNC(=O)NCc2ccnc(-n3ccnc3C)c2)C1. The summed E-state index contributed by atoms with van der Waals surface area (Å²) in [7, 11) is 0. The Morgan fingerprint density at radius 2 is 2.20 bits per heavy atom. The van der Waals surface area contributed by atoms with E-state index in [4.69, 9.17) is 0 Å². The van der Waals surface area contributed by atoms with Gasteiger partial charge in [0.15, 0.2) is 0 Å². The van der Waals surface area contributed by atoms with Gasteiger partial charge in [0.1, 0.15) is 11.6 Å². The second-order valence-corrected chi connectivity index (χ2v) is 6.48. The van der Waals surface area contributed by atoms with Gasteiger partial charge in [-0.2, -0.15) is 0 Å². The highest BCUT2D eigenvalue weighted by Crippen LogP contribution is 2.14. The van der Waals surface area contributed by atoms with Crippen LogP contribution in [0.2, 0.25) is 0 Å². The Hall–Kier alpha value is -2.41. The molecular formula is C18H26N6O. The zero-order valence-corrected chi connectivity index (χ0v) is 14.9. The first kappa shape index (κ1) is 17.4. The van der Waals surface area contributed by atoms with Gasteiger partial charge in [-0.25, -0.2) is 14.8 Å². The van der Waals surface area contributed by atoms with Gasteiger partial charge in [-0.15, -0.1) is 0 Å². The zero-order chi connectivity index (χ0) is 17.6. The number of aromatic nitrogens is 3. The molecule has 3 heterocycles. The normalized spacial score (nSPS) is 17.6. The third-order valence-corrected chi connectivity index (χ3v) is 4.70. The number of urea groups is 1. The molecule has 2 aromatic rings. The molecule has 25 heavy (non-hydrogen) atoms. The number of likely N-dealkylation sites (tertiary alicyclic amines) is 1. The Morgan fingerprint density at radius 3 is 2.92 bits per heavy atom. The van der Waals surface area contributed by atoms with Crippen molar-refractivity contribution < 1.29 is 4.79 Å². The molecule has 1 saturated heterocycles. The zero-order valence-electron chi connectivity index (χ0n) is 14.9. The van der Waals surface area contributed by atoms with Crippen molar-refractivity contribution in [3.8, 4) is 5.82 Å². The predicted molar refractivity (Wildman–Crippen MR) is 96.6 cm³/mol. The van der Waals surface area contributed by atoms with Crippen LogP contribution in [0.4, 0.5) is 4.79 Å². The molecule has 0 aliphatic carbocycles. The van der Waals surface area contributed by atoms with Crippen molar-refractivity contribution in [2.24, 2.45) is 5.92 Å². The summed E-state index contributed by atoms with van der Waals surface area (Å²) in [5.41, 5.74) is 1.01. The summed E-state index contributed by atoms with van der Waals surface area (Å²) in [4.78, 5) is 23.0. The fourth-order valence-electron chi connectivity index (χ4n) is 3.17. The van der Waals surface area contributed by atoms with E-state index in [0.717, 1.165) is 49.8 Å². The summed E-state index contributed by atoms with van der Waals surface area (Å²) in [6.07, 6.45) is 6.54. The number of hydrogen-bond donors (Lipinski definition) is 2. The second-order valence-electron chi connectivity index (χ2n) is 6.48. The summed E-state index contributed by atoms with van der Waals surface area (Å²) in [6.45, 7) is 8.62. The molecule has 1 atom stereocenters. The maximum atomic E-state index is 12.0. The number of carbonyl (C=O) groups excluding carboxylic acids is 1. The minimum atomic E-state index is -0.118. The lowest BCUT2D eigenvalue weighted by Crippen LogP contribution is -2.38. The molecule has 0 bridgehead atoms. The Morgan fingerprint density at radius 1 is 1.32 bits per heavy atom. The Labute approximate surface area is 148 Å². The topological polar surface area (TPSA) is 75.1 Å². The van der Waals surface area contributed by atoms with E-state index in [-0.39, 0.29) is 6.03 Å². The minimum Gasteiger partial charge on any atom is -0.338 e. The van der Waals surface area contributed by atoms with Gasteiger partial charge in [0.25, 0.3) is 0 Å². The van der Waals surface area contributed by atoms with Crippen molar-refractivity contribution in [2.45, 2.75) is 26.8 Å². The summed E-state index contributed by atoms with van der Waals surface area (Å²) in [6, 6.07) is 3.75. The van der Waals surface area contributed by atoms with E-state index < -0.39 is 0 Å². The summed E-state index contributed by atoms with van der Waals surface area (Å²) in [5.74, 6) is 2.25. The molecule has 7 heteroatoms. The number of aryl methyl sites for hydroxylation is 1. The minimum absolute atomic E-state index is 0.118. The lowest BCUT2D eigenvalue weighted by atomic mass is 10.1. The van der Waals surface area contributed by atoms with Gasteiger partial charge in [0.2, 0.25) is 0 Å². The lowest BCUT2D eigenvalue weighted by molar-refractivity contribution is 0.238. The number of imidazole rings is 1. The van der Waals surface area contributed by atoms with Gasteiger partial charge in [0, 0.05) is 38.2 Å². The number of pyridine rings is 1. The van der Waals surface area contributed by atoms with E-state index in [1.54, 1.807) is 12.4 Å². The van der Waals surface area contributed by atoms with Crippen LogP contribution in [-0.2, 0) is 6.54 Å². The van der Waals surface area contributed by atoms with E-state index in [9.17, 15) is 4.79 Å².